The molecule has 0 saturated carbocycles. The third kappa shape index (κ3) is 3.39. The van der Waals surface area contributed by atoms with Gasteiger partial charge in [-0.2, -0.15) is 0 Å². The molecule has 3 nitrogen and oxygen atoms in total. The zero-order valence-electron chi connectivity index (χ0n) is 8.09. The van der Waals surface area contributed by atoms with E-state index >= 15 is 0 Å². The average Bonchev–Trinajstić information content (AvgIpc) is 2.22. The van der Waals surface area contributed by atoms with Crippen molar-refractivity contribution in [2.75, 3.05) is 7.11 Å². The largest absolute Gasteiger partial charge is 0.505 e. The van der Waals surface area contributed by atoms with Crippen LogP contribution >= 0.6 is 27.5 Å². The second kappa shape index (κ2) is 5.37. The smallest absolute Gasteiger partial charge is 0.305 e. The van der Waals surface area contributed by atoms with Crippen molar-refractivity contribution in [3.8, 4) is 5.75 Å². The van der Waals surface area contributed by atoms with Crippen molar-refractivity contribution < 1.29 is 14.6 Å². The summed E-state index contributed by atoms with van der Waals surface area (Å²) in [5, 5.41) is 9.65. The lowest BCUT2D eigenvalue weighted by Crippen LogP contribution is -2.01. The number of benzene rings is 1. The molecule has 0 atom stereocenters. The second-order valence-electron chi connectivity index (χ2n) is 2.98. The predicted molar refractivity (Wildman–Crippen MR) is 61.2 cm³/mol. The highest BCUT2D eigenvalue weighted by molar-refractivity contribution is 9.10. The highest BCUT2D eigenvalue weighted by atomic mass is 79.9. The van der Waals surface area contributed by atoms with Gasteiger partial charge >= 0.3 is 5.97 Å². The van der Waals surface area contributed by atoms with Gasteiger partial charge in [-0.25, -0.2) is 0 Å². The Labute approximate surface area is 101 Å². The Morgan fingerprint density at radius 2 is 2.27 bits per heavy atom. The highest BCUT2D eigenvalue weighted by Crippen LogP contribution is 2.33. The fourth-order valence-electron chi connectivity index (χ4n) is 1.11. The summed E-state index contributed by atoms with van der Waals surface area (Å²) >= 11 is 8.94. The molecule has 0 radical (unpaired) electrons. The number of halogens is 2. The van der Waals surface area contributed by atoms with E-state index in [0.29, 0.717) is 17.3 Å². The summed E-state index contributed by atoms with van der Waals surface area (Å²) in [4.78, 5) is 10.9. The van der Waals surface area contributed by atoms with Crippen LogP contribution in [0.4, 0.5) is 0 Å². The first-order chi connectivity index (χ1) is 7.04. The van der Waals surface area contributed by atoms with Crippen molar-refractivity contribution >= 4 is 33.5 Å². The molecule has 1 aromatic carbocycles. The van der Waals surface area contributed by atoms with Crippen molar-refractivity contribution in [2.45, 2.75) is 12.8 Å². The normalized spacial score (nSPS) is 10.1. The van der Waals surface area contributed by atoms with E-state index in [4.69, 9.17) is 11.6 Å². The molecule has 0 aromatic heterocycles. The molecule has 0 aliphatic carbocycles. The first-order valence-corrected chi connectivity index (χ1v) is 5.45. The Morgan fingerprint density at radius 1 is 1.60 bits per heavy atom. The van der Waals surface area contributed by atoms with Crippen molar-refractivity contribution in [1.29, 1.82) is 0 Å². The van der Waals surface area contributed by atoms with E-state index in [1.807, 2.05) is 0 Å². The molecule has 5 heteroatoms. The van der Waals surface area contributed by atoms with Crippen LogP contribution in [0.1, 0.15) is 12.0 Å². The van der Waals surface area contributed by atoms with Crippen LogP contribution in [0.3, 0.4) is 0 Å². The molecule has 0 spiro atoms. The number of hydrogen-bond donors (Lipinski definition) is 1. The van der Waals surface area contributed by atoms with E-state index in [-0.39, 0.29) is 16.7 Å². The number of esters is 1. The summed E-state index contributed by atoms with van der Waals surface area (Å²) in [6, 6.07) is 3.36. The predicted octanol–water partition coefficient (Wildman–Crippen LogP) is 2.91. The van der Waals surface area contributed by atoms with Crippen molar-refractivity contribution in [3.63, 3.8) is 0 Å². The Morgan fingerprint density at radius 3 is 2.80 bits per heavy atom. The van der Waals surface area contributed by atoms with E-state index < -0.39 is 0 Å². The molecule has 1 aromatic rings. The maximum Gasteiger partial charge on any atom is 0.305 e. The standard InChI is InChI=1S/C10H10BrClO3/c1-15-9(13)3-2-6-4-7(11)10(14)8(12)5-6/h4-5,14H,2-3H2,1H3. The fraction of sp³-hybridized carbons (Fsp3) is 0.300. The maximum atomic E-state index is 10.9. The van der Waals surface area contributed by atoms with Crippen molar-refractivity contribution in [1.82, 2.24) is 0 Å². The Kier molecular flexibility index (Phi) is 4.42. The number of carbonyl (C=O) groups excluding carboxylic acids is 1. The summed E-state index contributed by atoms with van der Waals surface area (Å²) in [6.07, 6.45) is 0.829. The maximum absolute atomic E-state index is 10.9. The van der Waals surface area contributed by atoms with Crippen LogP contribution in [-0.2, 0) is 16.0 Å². The second-order valence-corrected chi connectivity index (χ2v) is 4.25. The number of phenols is 1. The van der Waals surface area contributed by atoms with Gasteiger partial charge in [0.05, 0.1) is 16.6 Å². The molecule has 0 aliphatic heterocycles. The van der Waals surface area contributed by atoms with Crippen LogP contribution in [0.15, 0.2) is 16.6 Å². The molecule has 0 bridgehead atoms. The van der Waals surface area contributed by atoms with E-state index in [2.05, 4.69) is 20.7 Å². The van der Waals surface area contributed by atoms with Crippen molar-refractivity contribution in [3.05, 3.63) is 27.2 Å². The van der Waals surface area contributed by atoms with Crippen LogP contribution in [0, 0.1) is 0 Å². The monoisotopic (exact) mass is 292 g/mol. The minimum Gasteiger partial charge on any atom is -0.505 e. The molecule has 0 unspecified atom stereocenters. The lowest BCUT2D eigenvalue weighted by molar-refractivity contribution is -0.140. The van der Waals surface area contributed by atoms with Gasteiger partial charge in [-0.1, -0.05) is 11.6 Å². The van der Waals surface area contributed by atoms with E-state index in [0.717, 1.165) is 5.56 Å². The van der Waals surface area contributed by atoms with Crippen LogP contribution in [0.2, 0.25) is 5.02 Å². The number of phenolic OH excluding ortho intramolecular Hbond substituents is 1. The number of aromatic hydroxyl groups is 1. The van der Waals surface area contributed by atoms with Crippen LogP contribution in [0.5, 0.6) is 5.75 Å². The topological polar surface area (TPSA) is 46.5 Å². The summed E-state index contributed by atoms with van der Waals surface area (Å²) in [5.41, 5.74) is 0.870. The van der Waals surface area contributed by atoms with Gasteiger partial charge in [-0.15, -0.1) is 0 Å². The van der Waals surface area contributed by atoms with E-state index in [1.54, 1.807) is 12.1 Å². The number of aryl methyl sites for hydroxylation is 1. The molecule has 15 heavy (non-hydrogen) atoms. The number of carbonyl (C=O) groups is 1. The van der Waals surface area contributed by atoms with Gasteiger partial charge in [-0.3, -0.25) is 4.79 Å². The van der Waals surface area contributed by atoms with Gasteiger partial charge in [0.15, 0.2) is 0 Å². The summed E-state index contributed by atoms with van der Waals surface area (Å²) in [7, 11) is 1.35. The quantitative estimate of drug-likeness (QED) is 0.872. The van der Waals surface area contributed by atoms with E-state index in [9.17, 15) is 9.90 Å². The molecule has 0 aliphatic rings. The molecular weight excluding hydrogens is 283 g/mol. The van der Waals surface area contributed by atoms with Crippen LogP contribution < -0.4 is 0 Å². The zero-order valence-corrected chi connectivity index (χ0v) is 10.4. The molecule has 1 N–H and O–H groups in total. The third-order valence-electron chi connectivity index (χ3n) is 1.92. The van der Waals surface area contributed by atoms with Crippen molar-refractivity contribution in [2.24, 2.45) is 0 Å². The summed E-state index contributed by atoms with van der Waals surface area (Å²) < 4.78 is 5.05. The number of ether oxygens (including phenoxy) is 1. The Bertz CT molecular complexity index is 356. The molecule has 0 heterocycles. The number of rotatable bonds is 3. The van der Waals surface area contributed by atoms with Gasteiger partial charge in [0.1, 0.15) is 5.75 Å². The Hall–Kier alpha value is -0.740. The third-order valence-corrected chi connectivity index (χ3v) is 2.81. The lowest BCUT2D eigenvalue weighted by Gasteiger charge is -2.05. The van der Waals surface area contributed by atoms with Crippen LogP contribution in [-0.4, -0.2) is 18.2 Å². The first kappa shape index (κ1) is 12.3. The number of methoxy groups -OCH3 is 1. The highest BCUT2D eigenvalue weighted by Gasteiger charge is 2.07. The Balaban J connectivity index is 2.75. The average molecular weight is 294 g/mol. The SMILES string of the molecule is COC(=O)CCc1cc(Cl)c(O)c(Br)c1. The fourth-order valence-corrected chi connectivity index (χ4v) is 1.97. The zero-order chi connectivity index (χ0) is 11.4. The molecular formula is C10H10BrClO3. The van der Waals surface area contributed by atoms with Gasteiger partial charge in [0.25, 0.3) is 0 Å². The summed E-state index contributed by atoms with van der Waals surface area (Å²) in [6.45, 7) is 0. The van der Waals surface area contributed by atoms with Gasteiger partial charge in [-0.05, 0) is 40.0 Å². The molecule has 0 fully saturated rings. The summed E-state index contributed by atoms with van der Waals surface area (Å²) in [5.74, 6) is -0.256. The molecule has 0 amide bonds. The number of hydrogen-bond acceptors (Lipinski definition) is 3. The minimum atomic E-state index is -0.268. The minimum absolute atomic E-state index is 0.0125. The van der Waals surface area contributed by atoms with Gasteiger partial charge in [0, 0.05) is 6.42 Å². The molecule has 1 rings (SSSR count). The lowest BCUT2D eigenvalue weighted by atomic mass is 10.1. The molecule has 82 valence electrons. The van der Waals surface area contributed by atoms with Gasteiger partial charge in [0.2, 0.25) is 0 Å². The van der Waals surface area contributed by atoms with E-state index in [1.165, 1.54) is 7.11 Å². The molecule has 0 saturated heterocycles. The van der Waals surface area contributed by atoms with Gasteiger partial charge < -0.3 is 9.84 Å². The van der Waals surface area contributed by atoms with Crippen LogP contribution in [0.25, 0.3) is 0 Å². The first-order valence-electron chi connectivity index (χ1n) is 4.28.